The lowest BCUT2D eigenvalue weighted by molar-refractivity contribution is -0.143. The zero-order chi connectivity index (χ0) is 21.0. The lowest BCUT2D eigenvalue weighted by Gasteiger charge is -2.27. The number of amides is 1. The lowest BCUT2D eigenvalue weighted by atomic mass is 9.81. The number of carbonyl (C=O) groups is 2. The third-order valence-corrected chi connectivity index (χ3v) is 8.19. The first-order chi connectivity index (χ1) is 14.4. The van der Waals surface area contributed by atoms with Crippen molar-refractivity contribution in [2.45, 2.75) is 37.6 Å². The summed E-state index contributed by atoms with van der Waals surface area (Å²) in [5.74, 6) is -1.31. The standard InChI is InChI=1S/C22H20Cl2N2O3S/c23-18-19-16(30-20(18)24)9-15(25-19)21(27)26-14-8-11-3-1-2-4-12(11)17(14)13(22(28)29)7-10-5-6-10/h1-4,9-10,13-14,17,25H,5-8H2,(H,26,27)(H,28,29)/t13?,14-,17+/m1/s1. The molecule has 1 saturated carbocycles. The Kier molecular flexibility index (Phi) is 5.04. The number of halogens is 2. The van der Waals surface area contributed by atoms with Gasteiger partial charge in [-0.2, -0.15) is 0 Å². The average molecular weight is 463 g/mol. The van der Waals surface area contributed by atoms with Crippen LogP contribution in [-0.2, 0) is 11.2 Å². The van der Waals surface area contributed by atoms with Crippen LogP contribution in [0, 0.1) is 11.8 Å². The molecule has 2 aliphatic carbocycles. The van der Waals surface area contributed by atoms with Crippen molar-refractivity contribution in [1.29, 1.82) is 0 Å². The minimum absolute atomic E-state index is 0.239. The number of nitrogens with one attached hydrogen (secondary N) is 2. The SMILES string of the molecule is O=C(N[C@@H]1Cc2ccccc2[C@H]1C(CC1CC1)C(=O)O)c1cc2sc(Cl)c(Cl)c2[nH]1. The van der Waals surface area contributed by atoms with Crippen molar-refractivity contribution in [2.75, 3.05) is 0 Å². The maximum Gasteiger partial charge on any atom is 0.307 e. The van der Waals surface area contributed by atoms with Crippen molar-refractivity contribution in [2.24, 2.45) is 11.8 Å². The van der Waals surface area contributed by atoms with E-state index in [1.807, 2.05) is 24.3 Å². The predicted octanol–water partition coefficient (Wildman–Crippen LogP) is 5.48. The lowest BCUT2D eigenvalue weighted by Crippen LogP contribution is -2.42. The number of benzene rings is 1. The van der Waals surface area contributed by atoms with Gasteiger partial charge in [0.1, 0.15) is 10.0 Å². The highest BCUT2D eigenvalue weighted by atomic mass is 35.5. The van der Waals surface area contributed by atoms with Crippen LogP contribution in [0.1, 0.15) is 46.8 Å². The zero-order valence-corrected chi connectivity index (χ0v) is 18.3. The molecule has 0 radical (unpaired) electrons. The fourth-order valence-electron chi connectivity index (χ4n) is 4.66. The second-order valence-corrected chi connectivity index (χ2v) is 10.3. The van der Waals surface area contributed by atoms with Crippen LogP contribution in [0.25, 0.3) is 10.2 Å². The predicted molar refractivity (Wildman–Crippen MR) is 119 cm³/mol. The summed E-state index contributed by atoms with van der Waals surface area (Å²) in [5.41, 5.74) is 3.20. The van der Waals surface area contributed by atoms with Gasteiger partial charge in [-0.1, -0.05) is 60.3 Å². The van der Waals surface area contributed by atoms with E-state index in [1.165, 1.54) is 11.3 Å². The van der Waals surface area contributed by atoms with E-state index in [1.54, 1.807) is 6.07 Å². The first-order valence-electron chi connectivity index (χ1n) is 10.0. The summed E-state index contributed by atoms with van der Waals surface area (Å²) in [4.78, 5) is 28.2. The molecule has 2 heterocycles. The van der Waals surface area contributed by atoms with E-state index in [0.29, 0.717) is 39.3 Å². The van der Waals surface area contributed by atoms with Crippen LogP contribution in [0.5, 0.6) is 0 Å². The minimum atomic E-state index is -0.787. The molecule has 5 rings (SSSR count). The average Bonchev–Trinajstić information content (AvgIpc) is 3.24. The van der Waals surface area contributed by atoms with E-state index in [4.69, 9.17) is 23.2 Å². The third-order valence-electron chi connectivity index (χ3n) is 6.26. The van der Waals surface area contributed by atoms with Crippen molar-refractivity contribution in [3.05, 3.63) is 56.5 Å². The number of carboxylic acid groups (broad SMARTS) is 1. The van der Waals surface area contributed by atoms with Crippen LogP contribution in [0.3, 0.4) is 0 Å². The maximum absolute atomic E-state index is 13.0. The van der Waals surface area contributed by atoms with Gasteiger partial charge in [0.2, 0.25) is 0 Å². The highest BCUT2D eigenvalue weighted by molar-refractivity contribution is 7.23. The molecule has 0 bridgehead atoms. The van der Waals surface area contributed by atoms with Crippen molar-refractivity contribution >= 4 is 56.6 Å². The Labute approximate surface area is 187 Å². The third kappa shape index (κ3) is 3.51. The monoisotopic (exact) mass is 462 g/mol. The molecule has 1 unspecified atom stereocenters. The molecule has 1 amide bonds. The Morgan fingerprint density at radius 1 is 1.27 bits per heavy atom. The van der Waals surface area contributed by atoms with Gasteiger partial charge in [-0.3, -0.25) is 9.59 Å². The highest BCUT2D eigenvalue weighted by Crippen LogP contribution is 2.45. The number of carbonyl (C=O) groups excluding carboxylic acids is 1. The van der Waals surface area contributed by atoms with E-state index >= 15 is 0 Å². The Morgan fingerprint density at radius 3 is 2.73 bits per heavy atom. The fourth-order valence-corrected chi connectivity index (χ4v) is 6.15. The van der Waals surface area contributed by atoms with Gasteiger partial charge in [0.15, 0.2) is 0 Å². The van der Waals surface area contributed by atoms with Crippen molar-refractivity contribution in [1.82, 2.24) is 10.3 Å². The number of hydrogen-bond donors (Lipinski definition) is 3. The van der Waals surface area contributed by atoms with E-state index in [2.05, 4.69) is 10.3 Å². The Bertz CT molecular complexity index is 1150. The number of aromatic amines is 1. The number of aliphatic carboxylic acids is 1. The number of thiophene rings is 1. The normalized spacial score (nSPS) is 21.5. The molecule has 8 heteroatoms. The topological polar surface area (TPSA) is 82.2 Å². The molecule has 3 N–H and O–H groups in total. The second kappa shape index (κ2) is 7.59. The van der Waals surface area contributed by atoms with Crippen LogP contribution in [0.4, 0.5) is 0 Å². The number of rotatable bonds is 6. The van der Waals surface area contributed by atoms with E-state index in [0.717, 1.165) is 28.7 Å². The van der Waals surface area contributed by atoms with Gasteiger partial charge >= 0.3 is 5.97 Å². The molecule has 0 aliphatic heterocycles. The Balaban J connectivity index is 1.43. The highest BCUT2D eigenvalue weighted by Gasteiger charge is 2.44. The molecule has 1 fully saturated rings. The molecule has 2 aliphatic rings. The summed E-state index contributed by atoms with van der Waals surface area (Å²) < 4.78 is 1.30. The maximum atomic E-state index is 13.0. The largest absolute Gasteiger partial charge is 0.481 e. The van der Waals surface area contributed by atoms with Crippen LogP contribution in [0.2, 0.25) is 9.36 Å². The number of fused-ring (bicyclic) bond motifs is 2. The van der Waals surface area contributed by atoms with Gasteiger partial charge in [0, 0.05) is 12.0 Å². The van der Waals surface area contributed by atoms with Crippen LogP contribution in [-0.4, -0.2) is 28.0 Å². The van der Waals surface area contributed by atoms with Crippen molar-refractivity contribution in [3.8, 4) is 0 Å². The van der Waals surface area contributed by atoms with Gasteiger partial charge in [0.25, 0.3) is 5.91 Å². The Hall–Kier alpha value is -2.02. The second-order valence-electron chi connectivity index (χ2n) is 8.24. The first-order valence-corrected chi connectivity index (χ1v) is 11.6. The molecule has 3 atom stereocenters. The first kappa shape index (κ1) is 19.9. The van der Waals surface area contributed by atoms with Gasteiger partial charge in [0.05, 0.1) is 21.2 Å². The molecule has 156 valence electrons. The summed E-state index contributed by atoms with van der Waals surface area (Å²) in [5, 5.41) is 13.5. The van der Waals surface area contributed by atoms with E-state index in [-0.39, 0.29) is 17.9 Å². The quantitative estimate of drug-likeness (QED) is 0.453. The fraction of sp³-hybridized carbons (Fsp3) is 0.364. The molecular formula is C22H20Cl2N2O3S. The minimum Gasteiger partial charge on any atom is -0.481 e. The summed E-state index contributed by atoms with van der Waals surface area (Å²) in [6.45, 7) is 0. The summed E-state index contributed by atoms with van der Waals surface area (Å²) in [7, 11) is 0. The number of carboxylic acids is 1. The summed E-state index contributed by atoms with van der Waals surface area (Å²) in [6, 6.07) is 9.40. The molecular weight excluding hydrogens is 443 g/mol. The molecule has 30 heavy (non-hydrogen) atoms. The Morgan fingerprint density at radius 2 is 2.03 bits per heavy atom. The summed E-state index contributed by atoms with van der Waals surface area (Å²) in [6.07, 6.45) is 3.48. The van der Waals surface area contributed by atoms with Gasteiger partial charge in [-0.25, -0.2) is 0 Å². The van der Waals surface area contributed by atoms with E-state index in [9.17, 15) is 14.7 Å². The smallest absolute Gasteiger partial charge is 0.307 e. The molecule has 2 aromatic heterocycles. The van der Waals surface area contributed by atoms with Crippen LogP contribution < -0.4 is 5.32 Å². The molecule has 3 aromatic rings. The van der Waals surface area contributed by atoms with E-state index < -0.39 is 11.9 Å². The van der Waals surface area contributed by atoms with Crippen molar-refractivity contribution in [3.63, 3.8) is 0 Å². The van der Waals surface area contributed by atoms with Gasteiger partial charge < -0.3 is 15.4 Å². The zero-order valence-electron chi connectivity index (χ0n) is 16.0. The number of hydrogen-bond acceptors (Lipinski definition) is 3. The molecule has 0 spiro atoms. The van der Waals surface area contributed by atoms with Crippen LogP contribution >= 0.6 is 34.5 Å². The molecule has 0 saturated heterocycles. The molecule has 1 aromatic carbocycles. The number of H-pyrrole nitrogens is 1. The van der Waals surface area contributed by atoms with Gasteiger partial charge in [-0.05, 0) is 36.0 Å². The summed E-state index contributed by atoms with van der Waals surface area (Å²) >= 11 is 13.6. The number of aromatic nitrogens is 1. The molecule has 5 nitrogen and oxygen atoms in total. The van der Waals surface area contributed by atoms with Crippen molar-refractivity contribution < 1.29 is 14.7 Å². The van der Waals surface area contributed by atoms with Crippen LogP contribution in [0.15, 0.2) is 30.3 Å². The van der Waals surface area contributed by atoms with Gasteiger partial charge in [-0.15, -0.1) is 11.3 Å².